The molecule has 2 fully saturated rings. The Morgan fingerprint density at radius 3 is 2.94 bits per heavy atom. The molecule has 5 unspecified atom stereocenters. The van der Waals surface area contributed by atoms with Crippen molar-refractivity contribution in [3.63, 3.8) is 0 Å². The van der Waals surface area contributed by atoms with Crippen molar-refractivity contribution < 1.29 is 14.6 Å². The van der Waals surface area contributed by atoms with E-state index in [-0.39, 0.29) is 29.5 Å². The van der Waals surface area contributed by atoms with Crippen LogP contribution >= 0.6 is 0 Å². The van der Waals surface area contributed by atoms with Gasteiger partial charge in [0, 0.05) is 12.0 Å². The fraction of sp³-hybridized carbons (Fsp3) is 0.667. The van der Waals surface area contributed by atoms with Gasteiger partial charge in [-0.05, 0) is 36.2 Å². The molecule has 3 aliphatic rings. The lowest BCUT2D eigenvalue weighted by Crippen LogP contribution is -2.47. The van der Waals surface area contributed by atoms with Crippen LogP contribution in [0.2, 0.25) is 0 Å². The SMILES string of the molecule is C=C1C(C)C(O)CC2(C)CC3OC(=O)C=C3CC12. The number of esters is 1. The molecule has 98 valence electrons. The van der Waals surface area contributed by atoms with Gasteiger partial charge in [0.15, 0.2) is 0 Å². The number of fused-ring (bicyclic) bond motifs is 2. The molecule has 1 heterocycles. The maximum Gasteiger partial charge on any atom is 0.331 e. The molecule has 3 rings (SSSR count). The van der Waals surface area contributed by atoms with Crippen LogP contribution in [0, 0.1) is 17.3 Å². The summed E-state index contributed by atoms with van der Waals surface area (Å²) >= 11 is 0. The number of ether oxygens (including phenoxy) is 1. The predicted molar refractivity (Wildman–Crippen MR) is 67.7 cm³/mol. The second kappa shape index (κ2) is 3.70. The van der Waals surface area contributed by atoms with E-state index in [2.05, 4.69) is 13.5 Å². The highest BCUT2D eigenvalue weighted by Gasteiger charge is 2.51. The summed E-state index contributed by atoms with van der Waals surface area (Å²) in [5.74, 6) is 0.308. The van der Waals surface area contributed by atoms with Gasteiger partial charge in [0.1, 0.15) is 6.10 Å². The third kappa shape index (κ3) is 1.57. The third-order valence-electron chi connectivity index (χ3n) is 5.19. The van der Waals surface area contributed by atoms with Crippen LogP contribution in [-0.4, -0.2) is 23.3 Å². The molecule has 1 aliphatic heterocycles. The molecule has 18 heavy (non-hydrogen) atoms. The smallest absolute Gasteiger partial charge is 0.331 e. The molecule has 2 saturated carbocycles. The van der Waals surface area contributed by atoms with Crippen LogP contribution in [0.1, 0.15) is 33.1 Å². The highest BCUT2D eigenvalue weighted by atomic mass is 16.5. The van der Waals surface area contributed by atoms with Crippen molar-refractivity contribution in [3.8, 4) is 0 Å². The number of hydrogen-bond donors (Lipinski definition) is 1. The molecular formula is C15H20O3. The van der Waals surface area contributed by atoms with Gasteiger partial charge in [-0.1, -0.05) is 26.0 Å². The number of rotatable bonds is 0. The van der Waals surface area contributed by atoms with Crippen molar-refractivity contribution in [2.45, 2.75) is 45.3 Å². The highest BCUT2D eigenvalue weighted by molar-refractivity contribution is 5.86. The van der Waals surface area contributed by atoms with Gasteiger partial charge < -0.3 is 9.84 Å². The second-order valence-corrected chi connectivity index (χ2v) is 6.39. The first kappa shape index (κ1) is 12.0. The van der Waals surface area contributed by atoms with E-state index in [0.29, 0.717) is 5.92 Å². The van der Waals surface area contributed by atoms with Gasteiger partial charge in [0.2, 0.25) is 0 Å². The van der Waals surface area contributed by atoms with E-state index in [0.717, 1.165) is 30.4 Å². The summed E-state index contributed by atoms with van der Waals surface area (Å²) in [5, 5.41) is 10.2. The Kier molecular flexibility index (Phi) is 2.46. The van der Waals surface area contributed by atoms with E-state index in [4.69, 9.17) is 4.74 Å². The van der Waals surface area contributed by atoms with Crippen molar-refractivity contribution in [1.82, 2.24) is 0 Å². The van der Waals surface area contributed by atoms with Gasteiger partial charge >= 0.3 is 5.97 Å². The van der Waals surface area contributed by atoms with Crippen LogP contribution in [0.25, 0.3) is 0 Å². The van der Waals surface area contributed by atoms with Gasteiger partial charge in [0.25, 0.3) is 0 Å². The van der Waals surface area contributed by atoms with Crippen molar-refractivity contribution in [2.75, 3.05) is 0 Å². The Balaban J connectivity index is 1.93. The van der Waals surface area contributed by atoms with E-state index in [1.54, 1.807) is 6.08 Å². The quantitative estimate of drug-likeness (QED) is 0.528. The summed E-state index contributed by atoms with van der Waals surface area (Å²) in [6.45, 7) is 8.44. The van der Waals surface area contributed by atoms with E-state index >= 15 is 0 Å². The average Bonchev–Trinajstić information content (AvgIpc) is 2.62. The van der Waals surface area contributed by atoms with Gasteiger partial charge in [-0.3, -0.25) is 0 Å². The van der Waals surface area contributed by atoms with Crippen molar-refractivity contribution in [3.05, 3.63) is 23.8 Å². The van der Waals surface area contributed by atoms with Crippen LogP contribution in [0.15, 0.2) is 23.8 Å². The summed E-state index contributed by atoms with van der Waals surface area (Å²) in [7, 11) is 0. The molecule has 0 saturated heterocycles. The van der Waals surface area contributed by atoms with Gasteiger partial charge in [-0.25, -0.2) is 4.79 Å². The van der Waals surface area contributed by atoms with Crippen molar-refractivity contribution >= 4 is 5.97 Å². The molecule has 0 aromatic heterocycles. The number of carbonyl (C=O) groups is 1. The summed E-state index contributed by atoms with van der Waals surface area (Å²) in [5.41, 5.74) is 2.26. The predicted octanol–water partition coefficient (Wildman–Crippen LogP) is 2.21. The average molecular weight is 248 g/mol. The molecule has 0 amide bonds. The van der Waals surface area contributed by atoms with E-state index in [9.17, 15) is 9.90 Å². The normalized spacial score (nSPS) is 47.2. The summed E-state index contributed by atoms with van der Waals surface area (Å²) < 4.78 is 5.33. The summed E-state index contributed by atoms with van der Waals surface area (Å²) in [6.07, 6.45) is 3.72. The molecule has 2 aliphatic carbocycles. The Hall–Kier alpha value is -1.09. The number of carbonyl (C=O) groups excluding carboxylic acids is 1. The fourth-order valence-corrected chi connectivity index (χ4v) is 3.93. The molecule has 1 N–H and O–H groups in total. The first-order valence-corrected chi connectivity index (χ1v) is 6.68. The first-order valence-electron chi connectivity index (χ1n) is 6.68. The van der Waals surface area contributed by atoms with E-state index < -0.39 is 0 Å². The van der Waals surface area contributed by atoms with Crippen LogP contribution in [0.3, 0.4) is 0 Å². The van der Waals surface area contributed by atoms with Crippen LogP contribution in [0.4, 0.5) is 0 Å². The molecule has 3 heteroatoms. The lowest BCUT2D eigenvalue weighted by Gasteiger charge is -2.51. The van der Waals surface area contributed by atoms with Crippen molar-refractivity contribution in [1.29, 1.82) is 0 Å². The van der Waals surface area contributed by atoms with Crippen LogP contribution in [-0.2, 0) is 9.53 Å². The van der Waals surface area contributed by atoms with Gasteiger partial charge in [0.05, 0.1) is 6.10 Å². The molecule has 0 bridgehead atoms. The summed E-state index contributed by atoms with van der Waals surface area (Å²) in [4.78, 5) is 11.4. The van der Waals surface area contributed by atoms with E-state index in [1.165, 1.54) is 0 Å². The number of aliphatic hydroxyl groups is 1. The lowest BCUT2D eigenvalue weighted by atomic mass is 9.55. The molecule has 5 atom stereocenters. The molecule has 0 radical (unpaired) electrons. The summed E-state index contributed by atoms with van der Waals surface area (Å²) in [6, 6.07) is 0. The Morgan fingerprint density at radius 1 is 1.50 bits per heavy atom. The second-order valence-electron chi connectivity index (χ2n) is 6.39. The van der Waals surface area contributed by atoms with Crippen LogP contribution < -0.4 is 0 Å². The zero-order valence-electron chi connectivity index (χ0n) is 11.0. The van der Waals surface area contributed by atoms with Crippen LogP contribution in [0.5, 0.6) is 0 Å². The first-order chi connectivity index (χ1) is 8.40. The van der Waals surface area contributed by atoms with Gasteiger partial charge in [-0.15, -0.1) is 0 Å². The minimum atomic E-state index is -0.318. The third-order valence-corrected chi connectivity index (χ3v) is 5.19. The maximum atomic E-state index is 11.4. The molecule has 3 nitrogen and oxygen atoms in total. The minimum absolute atomic E-state index is 0.00956. The maximum absolute atomic E-state index is 11.4. The zero-order chi connectivity index (χ0) is 13.1. The Labute approximate surface area is 108 Å². The number of hydrogen-bond acceptors (Lipinski definition) is 3. The number of aliphatic hydroxyl groups excluding tert-OH is 1. The monoisotopic (exact) mass is 248 g/mol. The van der Waals surface area contributed by atoms with Gasteiger partial charge in [-0.2, -0.15) is 0 Å². The molecule has 0 aromatic rings. The zero-order valence-corrected chi connectivity index (χ0v) is 11.0. The molecule has 0 aromatic carbocycles. The Morgan fingerprint density at radius 2 is 2.22 bits per heavy atom. The standard InChI is InChI=1S/C15H20O3/c1-8-9(2)12(16)6-15(3)7-13-10(4-11(8)15)5-14(17)18-13/h5,9,11-13,16H,1,4,6-7H2,2-3H3. The molecular weight excluding hydrogens is 228 g/mol. The fourth-order valence-electron chi connectivity index (χ4n) is 3.93. The topological polar surface area (TPSA) is 46.5 Å². The Bertz CT molecular complexity index is 451. The highest BCUT2D eigenvalue weighted by Crippen LogP contribution is 2.56. The minimum Gasteiger partial charge on any atom is -0.455 e. The van der Waals surface area contributed by atoms with Crippen molar-refractivity contribution in [2.24, 2.45) is 17.3 Å². The largest absolute Gasteiger partial charge is 0.455 e. The lowest BCUT2D eigenvalue weighted by molar-refractivity contribution is -0.141. The van der Waals surface area contributed by atoms with E-state index in [1.807, 2.05) is 6.92 Å². The molecule has 0 spiro atoms.